The topological polar surface area (TPSA) is 41.6 Å². The van der Waals surface area contributed by atoms with Gasteiger partial charge in [-0.25, -0.2) is 0 Å². The molecule has 5 rings (SSSR count). The number of carbonyl (C=O) groups excluding carboxylic acids is 1. The summed E-state index contributed by atoms with van der Waals surface area (Å²) in [5, 5.41) is 4.32. The minimum Gasteiger partial charge on any atom is -0.489 e. The van der Waals surface area contributed by atoms with Gasteiger partial charge in [0.25, 0.3) is 0 Å². The van der Waals surface area contributed by atoms with Crippen LogP contribution < -0.4 is 10.1 Å². The van der Waals surface area contributed by atoms with E-state index < -0.39 is 0 Å². The Morgan fingerprint density at radius 1 is 1.16 bits per heavy atom. The molecule has 2 aromatic rings. The van der Waals surface area contributed by atoms with Crippen LogP contribution in [0.2, 0.25) is 0 Å². The zero-order valence-electron chi connectivity index (χ0n) is 14.2. The van der Waals surface area contributed by atoms with Crippen LogP contribution >= 0.6 is 23.7 Å². The van der Waals surface area contributed by atoms with Gasteiger partial charge in [0.05, 0.1) is 9.88 Å². The number of ketones is 1. The third-order valence-electron chi connectivity index (χ3n) is 4.96. The van der Waals surface area contributed by atoms with Crippen molar-refractivity contribution in [3.8, 4) is 5.75 Å². The van der Waals surface area contributed by atoms with E-state index in [1.54, 1.807) is 6.92 Å². The van der Waals surface area contributed by atoms with Gasteiger partial charge in [-0.3, -0.25) is 9.69 Å². The number of hydrogen-bond donors (Lipinski definition) is 1. The number of hydrogen-bond acceptors (Lipinski definition) is 5. The number of fused-ring (bicyclic) bond motifs is 3. The number of ether oxygens (including phenoxy) is 1. The molecule has 1 aromatic heterocycles. The number of thiophene rings is 1. The summed E-state index contributed by atoms with van der Waals surface area (Å²) in [5.41, 5.74) is 1.01. The third kappa shape index (κ3) is 4.17. The van der Waals surface area contributed by atoms with Crippen LogP contribution in [0.4, 0.5) is 10.7 Å². The second kappa shape index (κ2) is 7.77. The molecule has 4 nitrogen and oxygen atoms in total. The van der Waals surface area contributed by atoms with Crippen molar-refractivity contribution in [2.45, 2.75) is 25.9 Å². The molecule has 25 heavy (non-hydrogen) atoms. The van der Waals surface area contributed by atoms with Crippen molar-refractivity contribution in [1.29, 1.82) is 0 Å². The number of nitrogens with zero attached hydrogens (tertiary/aromatic N) is 1. The van der Waals surface area contributed by atoms with Gasteiger partial charge in [0.2, 0.25) is 0 Å². The van der Waals surface area contributed by atoms with Gasteiger partial charge in [-0.05, 0) is 75.2 Å². The van der Waals surface area contributed by atoms with Gasteiger partial charge in [0.1, 0.15) is 11.9 Å². The standard InChI is InChI=1S/C19H22N2O2S.ClH/c1-13(22)18-6-7-19(24-18)20-15-2-4-16(5-3-15)23-17-12-21-10-8-14(17)9-11-21;/h2-7,14,17,20H,8-12H2,1H3;1H. The fourth-order valence-electron chi connectivity index (χ4n) is 3.57. The van der Waals surface area contributed by atoms with Gasteiger partial charge in [-0.15, -0.1) is 23.7 Å². The number of anilines is 2. The first-order chi connectivity index (χ1) is 11.7. The van der Waals surface area contributed by atoms with Crippen LogP contribution in [-0.2, 0) is 0 Å². The van der Waals surface area contributed by atoms with E-state index in [9.17, 15) is 4.79 Å². The van der Waals surface area contributed by atoms with E-state index in [4.69, 9.17) is 4.74 Å². The molecule has 3 fully saturated rings. The molecule has 1 N–H and O–H groups in total. The van der Waals surface area contributed by atoms with Crippen LogP contribution in [0, 0.1) is 5.92 Å². The van der Waals surface area contributed by atoms with Crippen molar-refractivity contribution >= 4 is 40.2 Å². The number of halogens is 1. The summed E-state index contributed by atoms with van der Waals surface area (Å²) in [5.74, 6) is 1.76. The highest BCUT2D eigenvalue weighted by atomic mass is 35.5. The molecule has 0 aliphatic carbocycles. The monoisotopic (exact) mass is 378 g/mol. The SMILES string of the molecule is CC(=O)c1ccc(Nc2ccc(OC3CN4CCC3CC4)cc2)s1.Cl. The first-order valence-electron chi connectivity index (χ1n) is 8.54. The van der Waals surface area contributed by atoms with Crippen LogP contribution in [0.5, 0.6) is 5.75 Å². The predicted octanol–water partition coefficient (Wildman–Crippen LogP) is 4.59. The predicted molar refractivity (Wildman–Crippen MR) is 105 cm³/mol. The Labute approximate surface area is 158 Å². The zero-order chi connectivity index (χ0) is 16.5. The van der Waals surface area contributed by atoms with Crippen LogP contribution in [0.15, 0.2) is 36.4 Å². The molecule has 3 saturated heterocycles. The minimum atomic E-state index is 0. The largest absolute Gasteiger partial charge is 0.489 e. The van der Waals surface area contributed by atoms with Crippen LogP contribution in [0.25, 0.3) is 0 Å². The minimum absolute atomic E-state index is 0. The van der Waals surface area contributed by atoms with Crippen molar-refractivity contribution in [2.24, 2.45) is 5.92 Å². The van der Waals surface area contributed by atoms with Crippen LogP contribution in [0.1, 0.15) is 29.4 Å². The van der Waals surface area contributed by atoms with Crippen molar-refractivity contribution in [1.82, 2.24) is 4.90 Å². The van der Waals surface area contributed by atoms with Gasteiger partial charge in [-0.2, -0.15) is 0 Å². The molecule has 0 saturated carbocycles. The second-order valence-electron chi connectivity index (χ2n) is 6.66. The van der Waals surface area contributed by atoms with E-state index in [0.29, 0.717) is 12.0 Å². The quantitative estimate of drug-likeness (QED) is 0.772. The Balaban J connectivity index is 0.00000182. The number of piperidine rings is 3. The number of rotatable bonds is 5. The lowest BCUT2D eigenvalue weighted by molar-refractivity contribution is -0.00775. The van der Waals surface area contributed by atoms with Crippen LogP contribution in [0.3, 0.4) is 0 Å². The Hall–Kier alpha value is -1.56. The first-order valence-corrected chi connectivity index (χ1v) is 9.36. The second-order valence-corrected chi connectivity index (χ2v) is 7.75. The average molecular weight is 379 g/mol. The number of nitrogens with one attached hydrogen (secondary N) is 1. The summed E-state index contributed by atoms with van der Waals surface area (Å²) in [6.45, 7) is 5.12. The number of benzene rings is 1. The van der Waals surface area contributed by atoms with Gasteiger partial charge in [0.15, 0.2) is 5.78 Å². The lowest BCUT2D eigenvalue weighted by Gasteiger charge is -2.44. The summed E-state index contributed by atoms with van der Waals surface area (Å²) in [6.07, 6.45) is 2.87. The summed E-state index contributed by atoms with van der Waals surface area (Å²) in [6, 6.07) is 11.9. The van der Waals surface area contributed by atoms with E-state index in [-0.39, 0.29) is 18.2 Å². The Bertz CT molecular complexity index is 723. The molecule has 2 bridgehead atoms. The Morgan fingerprint density at radius 3 is 2.44 bits per heavy atom. The molecule has 4 heterocycles. The fraction of sp³-hybridized carbons (Fsp3) is 0.421. The third-order valence-corrected chi connectivity index (χ3v) is 6.06. The lowest BCUT2D eigenvalue weighted by atomic mass is 9.86. The summed E-state index contributed by atoms with van der Waals surface area (Å²) in [4.78, 5) is 14.6. The van der Waals surface area contributed by atoms with E-state index in [0.717, 1.165) is 27.9 Å². The molecule has 1 atom stereocenters. The molecule has 1 unspecified atom stereocenters. The van der Waals surface area contributed by atoms with E-state index in [2.05, 4.69) is 10.2 Å². The van der Waals surface area contributed by atoms with Gasteiger partial charge < -0.3 is 10.1 Å². The van der Waals surface area contributed by atoms with Crippen molar-refractivity contribution in [3.63, 3.8) is 0 Å². The van der Waals surface area contributed by atoms with Gasteiger partial charge in [-0.1, -0.05) is 0 Å². The zero-order valence-corrected chi connectivity index (χ0v) is 15.9. The summed E-state index contributed by atoms with van der Waals surface area (Å²) < 4.78 is 6.22. The maximum atomic E-state index is 11.4. The van der Waals surface area contributed by atoms with E-state index in [1.807, 2.05) is 36.4 Å². The molecule has 0 amide bonds. The molecule has 3 aliphatic heterocycles. The van der Waals surface area contributed by atoms with Gasteiger partial charge in [0, 0.05) is 12.2 Å². The Morgan fingerprint density at radius 2 is 1.88 bits per heavy atom. The van der Waals surface area contributed by atoms with Crippen molar-refractivity contribution in [2.75, 3.05) is 25.0 Å². The molecule has 0 spiro atoms. The van der Waals surface area contributed by atoms with Crippen LogP contribution in [-0.4, -0.2) is 36.4 Å². The van der Waals surface area contributed by atoms with E-state index in [1.165, 1.54) is 37.3 Å². The highest BCUT2D eigenvalue weighted by molar-refractivity contribution is 7.18. The highest BCUT2D eigenvalue weighted by Gasteiger charge is 2.35. The molecule has 134 valence electrons. The molecule has 0 radical (unpaired) electrons. The summed E-state index contributed by atoms with van der Waals surface area (Å²) >= 11 is 1.48. The lowest BCUT2D eigenvalue weighted by Crippen LogP contribution is -2.52. The van der Waals surface area contributed by atoms with Crippen molar-refractivity contribution < 1.29 is 9.53 Å². The van der Waals surface area contributed by atoms with Crippen molar-refractivity contribution in [3.05, 3.63) is 41.3 Å². The normalized spacial score (nSPS) is 24.4. The molecule has 1 aromatic carbocycles. The Kier molecular flexibility index (Phi) is 5.67. The number of carbonyl (C=O) groups is 1. The van der Waals surface area contributed by atoms with Gasteiger partial charge >= 0.3 is 0 Å². The van der Waals surface area contributed by atoms with E-state index >= 15 is 0 Å². The molecule has 3 aliphatic rings. The number of Topliss-reactive ketones (excluding diaryl/α,β-unsaturated/α-hetero) is 1. The maximum absolute atomic E-state index is 11.4. The first kappa shape index (κ1) is 18.2. The maximum Gasteiger partial charge on any atom is 0.169 e. The average Bonchev–Trinajstić information content (AvgIpc) is 3.07. The molecular weight excluding hydrogens is 356 g/mol. The fourth-order valence-corrected chi connectivity index (χ4v) is 4.39. The highest BCUT2D eigenvalue weighted by Crippen LogP contribution is 2.31. The molecule has 6 heteroatoms. The summed E-state index contributed by atoms with van der Waals surface area (Å²) in [7, 11) is 0. The smallest absolute Gasteiger partial charge is 0.169 e. The molecular formula is C19H23ClN2O2S.